The zero-order valence-electron chi connectivity index (χ0n) is 5.51. The van der Waals surface area contributed by atoms with Crippen molar-refractivity contribution in [2.75, 3.05) is 7.11 Å². The molecule has 60 valence electrons. The molecule has 1 aromatic heterocycles. The molecule has 1 rings (SSSR count). The van der Waals surface area contributed by atoms with E-state index in [0.29, 0.717) is 0 Å². The van der Waals surface area contributed by atoms with Crippen molar-refractivity contribution in [2.24, 2.45) is 0 Å². The Labute approximate surface area is 70.8 Å². The van der Waals surface area contributed by atoms with Gasteiger partial charge in [0.25, 0.3) is 0 Å². The summed E-state index contributed by atoms with van der Waals surface area (Å²) in [6.07, 6.45) is 0. The first-order chi connectivity index (χ1) is 5.15. The minimum atomic E-state index is -0.599. The zero-order valence-corrected chi connectivity index (χ0v) is 7.08. The molecule has 6 heteroatoms. The van der Waals surface area contributed by atoms with Crippen molar-refractivity contribution >= 4 is 28.9 Å². The van der Waals surface area contributed by atoms with Gasteiger partial charge in [-0.3, -0.25) is 4.79 Å². The maximum absolute atomic E-state index is 10.8. The van der Waals surface area contributed by atoms with E-state index in [2.05, 4.69) is 9.72 Å². The van der Waals surface area contributed by atoms with Gasteiger partial charge in [0, 0.05) is 0 Å². The molecule has 11 heavy (non-hydrogen) atoms. The van der Waals surface area contributed by atoms with Crippen LogP contribution in [0, 0.1) is 0 Å². The summed E-state index contributed by atoms with van der Waals surface area (Å²) >= 11 is 6.20. The van der Waals surface area contributed by atoms with Crippen LogP contribution in [0.4, 0.5) is 0 Å². The first-order valence-electron chi connectivity index (χ1n) is 2.62. The fourth-order valence-electron chi connectivity index (χ4n) is 0.533. The smallest absolute Gasteiger partial charge is 0.351 e. The number of ether oxygens (including phenoxy) is 1. The highest BCUT2D eigenvalue weighted by Crippen LogP contribution is 2.15. The third-order valence-corrected chi connectivity index (χ3v) is 2.23. The Morgan fingerprint density at radius 2 is 2.36 bits per heavy atom. The van der Waals surface area contributed by atoms with Crippen LogP contribution in [0.15, 0.2) is 4.79 Å². The second-order valence-electron chi connectivity index (χ2n) is 1.65. The van der Waals surface area contributed by atoms with Crippen LogP contribution in [-0.2, 0) is 4.74 Å². The molecule has 0 bridgehead atoms. The molecule has 0 amide bonds. The lowest BCUT2D eigenvalue weighted by Crippen LogP contribution is -1.98. The van der Waals surface area contributed by atoms with Gasteiger partial charge in [-0.25, -0.2) is 4.79 Å². The number of thiazole rings is 1. The highest BCUT2D eigenvalue weighted by atomic mass is 35.5. The molecule has 0 saturated carbocycles. The summed E-state index contributed by atoms with van der Waals surface area (Å²) in [6.45, 7) is 0. The molecule has 4 nitrogen and oxygen atoms in total. The number of carbonyl (C=O) groups is 1. The largest absolute Gasteiger partial charge is 0.465 e. The summed E-state index contributed by atoms with van der Waals surface area (Å²) in [5.74, 6) is -0.599. The van der Waals surface area contributed by atoms with Gasteiger partial charge in [-0.15, -0.1) is 0 Å². The molecule has 1 heterocycles. The average molecular weight is 194 g/mol. The quantitative estimate of drug-likeness (QED) is 0.674. The van der Waals surface area contributed by atoms with Gasteiger partial charge in [0.05, 0.1) is 7.11 Å². The molecule has 1 aromatic rings. The normalized spacial score (nSPS) is 9.64. The number of hydrogen-bond donors (Lipinski definition) is 1. The number of aromatic nitrogens is 1. The van der Waals surface area contributed by atoms with Crippen LogP contribution in [0.25, 0.3) is 0 Å². The number of hydrogen-bond acceptors (Lipinski definition) is 4. The van der Waals surface area contributed by atoms with Crippen LogP contribution in [0.3, 0.4) is 0 Å². The van der Waals surface area contributed by atoms with Crippen LogP contribution < -0.4 is 4.87 Å². The lowest BCUT2D eigenvalue weighted by atomic mass is 10.6. The third-order valence-electron chi connectivity index (χ3n) is 0.977. The summed E-state index contributed by atoms with van der Waals surface area (Å²) in [4.78, 5) is 23.4. The summed E-state index contributed by atoms with van der Waals surface area (Å²) in [6, 6.07) is 0. The highest BCUT2D eigenvalue weighted by Gasteiger charge is 2.14. The molecule has 0 atom stereocenters. The lowest BCUT2D eigenvalue weighted by Gasteiger charge is -1.91. The van der Waals surface area contributed by atoms with E-state index in [1.807, 2.05) is 0 Å². The van der Waals surface area contributed by atoms with Crippen molar-refractivity contribution in [1.82, 2.24) is 4.98 Å². The van der Waals surface area contributed by atoms with Gasteiger partial charge in [-0.2, -0.15) is 0 Å². The van der Waals surface area contributed by atoms with E-state index in [9.17, 15) is 9.59 Å². The fraction of sp³-hybridized carbons (Fsp3) is 0.200. The third kappa shape index (κ3) is 1.61. The first-order valence-corrected chi connectivity index (χ1v) is 3.81. The molecule has 0 spiro atoms. The number of methoxy groups -OCH3 is 1. The molecule has 0 saturated heterocycles. The summed E-state index contributed by atoms with van der Waals surface area (Å²) in [5.41, 5.74) is 0. The Hall–Kier alpha value is -0.810. The van der Waals surface area contributed by atoms with Crippen molar-refractivity contribution in [3.8, 4) is 0 Å². The van der Waals surface area contributed by atoms with Gasteiger partial charge in [0.15, 0.2) is 4.88 Å². The van der Waals surface area contributed by atoms with E-state index in [4.69, 9.17) is 11.6 Å². The standard InChI is InChI=1S/C5H4ClNO3S/c1-10-4(8)2-3(6)7-5(9)11-2/h1H3,(H,7,9). The van der Waals surface area contributed by atoms with E-state index in [-0.39, 0.29) is 14.9 Å². The Morgan fingerprint density at radius 3 is 2.73 bits per heavy atom. The predicted octanol–water partition coefficient (Wildman–Crippen LogP) is 0.876. The van der Waals surface area contributed by atoms with Gasteiger partial charge in [0.2, 0.25) is 0 Å². The number of aromatic amines is 1. The van der Waals surface area contributed by atoms with Gasteiger partial charge in [0.1, 0.15) is 5.15 Å². The molecule has 0 unspecified atom stereocenters. The second-order valence-corrected chi connectivity index (χ2v) is 3.01. The number of nitrogens with one attached hydrogen (secondary N) is 1. The van der Waals surface area contributed by atoms with E-state index in [1.165, 1.54) is 7.11 Å². The first kappa shape index (κ1) is 8.29. The van der Waals surface area contributed by atoms with E-state index < -0.39 is 5.97 Å². The zero-order chi connectivity index (χ0) is 8.43. The summed E-state index contributed by atoms with van der Waals surface area (Å²) in [5, 5.41) is 0.0341. The van der Waals surface area contributed by atoms with Crippen LogP contribution in [0.5, 0.6) is 0 Å². The number of halogens is 1. The van der Waals surface area contributed by atoms with Crippen LogP contribution >= 0.6 is 22.9 Å². The molecule has 0 aliphatic rings. The Balaban J connectivity index is 3.13. The number of carbonyl (C=O) groups excluding carboxylic acids is 1. The van der Waals surface area contributed by atoms with Crippen LogP contribution in [-0.4, -0.2) is 18.1 Å². The van der Waals surface area contributed by atoms with Crippen LogP contribution in [0.2, 0.25) is 5.15 Å². The molecule has 1 N–H and O–H groups in total. The van der Waals surface area contributed by atoms with Crippen molar-refractivity contribution in [2.45, 2.75) is 0 Å². The van der Waals surface area contributed by atoms with Gasteiger partial charge >= 0.3 is 10.8 Å². The van der Waals surface area contributed by atoms with Gasteiger partial charge in [-0.05, 0) is 0 Å². The Kier molecular flexibility index (Phi) is 2.31. The topological polar surface area (TPSA) is 59.2 Å². The molecular formula is C5H4ClNO3S. The fourth-order valence-corrected chi connectivity index (χ4v) is 1.51. The molecule has 0 aromatic carbocycles. The minimum Gasteiger partial charge on any atom is -0.465 e. The number of esters is 1. The van der Waals surface area contributed by atoms with E-state index >= 15 is 0 Å². The highest BCUT2D eigenvalue weighted by molar-refractivity contribution is 7.11. The molecular weight excluding hydrogens is 190 g/mol. The summed E-state index contributed by atoms with van der Waals surface area (Å²) < 4.78 is 4.36. The molecule has 0 radical (unpaired) electrons. The maximum atomic E-state index is 10.8. The Bertz CT molecular complexity index is 329. The van der Waals surface area contributed by atoms with Crippen molar-refractivity contribution in [3.05, 3.63) is 19.7 Å². The van der Waals surface area contributed by atoms with E-state index in [0.717, 1.165) is 11.3 Å². The predicted molar refractivity (Wildman–Crippen MR) is 41.3 cm³/mol. The minimum absolute atomic E-state index is 0.0341. The van der Waals surface area contributed by atoms with Crippen molar-refractivity contribution < 1.29 is 9.53 Å². The van der Waals surface area contributed by atoms with E-state index in [1.54, 1.807) is 0 Å². The molecule has 0 fully saturated rings. The van der Waals surface area contributed by atoms with Crippen molar-refractivity contribution in [3.63, 3.8) is 0 Å². The van der Waals surface area contributed by atoms with Crippen LogP contribution in [0.1, 0.15) is 9.67 Å². The van der Waals surface area contributed by atoms with Gasteiger partial charge < -0.3 is 9.72 Å². The lowest BCUT2D eigenvalue weighted by molar-refractivity contribution is 0.0606. The number of rotatable bonds is 1. The second kappa shape index (κ2) is 3.06. The summed E-state index contributed by atoms with van der Waals surface area (Å²) in [7, 11) is 1.23. The maximum Gasteiger partial charge on any atom is 0.351 e. The van der Waals surface area contributed by atoms with Crippen molar-refractivity contribution in [1.29, 1.82) is 0 Å². The van der Waals surface area contributed by atoms with Gasteiger partial charge in [-0.1, -0.05) is 22.9 Å². The monoisotopic (exact) mass is 193 g/mol. The average Bonchev–Trinajstić information content (AvgIpc) is 2.28. The number of H-pyrrole nitrogens is 1. The Morgan fingerprint density at radius 1 is 1.73 bits per heavy atom. The molecule has 0 aliphatic carbocycles. The SMILES string of the molecule is COC(=O)c1sc(=O)[nH]c1Cl. The molecule has 0 aliphatic heterocycles.